The lowest BCUT2D eigenvalue weighted by Gasteiger charge is -2.26. The number of amidine groups is 1. The summed E-state index contributed by atoms with van der Waals surface area (Å²) in [4.78, 5) is 42.4. The molecule has 0 radical (unpaired) electrons. The predicted molar refractivity (Wildman–Crippen MR) is 153 cm³/mol. The molecular weight excluding hydrogens is 574 g/mol. The van der Waals surface area contributed by atoms with E-state index < -0.39 is 29.5 Å². The van der Waals surface area contributed by atoms with E-state index in [2.05, 4.69) is 20.0 Å². The topological polar surface area (TPSA) is 198 Å². The van der Waals surface area contributed by atoms with Crippen LogP contribution in [0.2, 0.25) is 0 Å². The van der Waals surface area contributed by atoms with Gasteiger partial charge in [-0.15, -0.1) is 0 Å². The fraction of sp³-hybridized carbons (Fsp3) is 0.345. The zero-order chi connectivity index (χ0) is 31.3. The summed E-state index contributed by atoms with van der Waals surface area (Å²) in [5.74, 6) is -0.416. The lowest BCUT2D eigenvalue weighted by atomic mass is 9.89. The van der Waals surface area contributed by atoms with Crippen LogP contribution in [0.3, 0.4) is 0 Å². The lowest BCUT2D eigenvalue weighted by molar-refractivity contribution is -0.730. The van der Waals surface area contributed by atoms with Crippen LogP contribution in [-0.4, -0.2) is 82.4 Å². The predicted octanol–water partition coefficient (Wildman–Crippen LogP) is -0.508. The minimum absolute atomic E-state index is 0.0368. The Morgan fingerprint density at radius 2 is 2.14 bits per heavy atom. The molecular formula is C29H29N7O8. The average molecular weight is 604 g/mol. The highest BCUT2D eigenvalue weighted by atomic mass is 16.6. The minimum Gasteiger partial charge on any atom is -0.857 e. The maximum absolute atomic E-state index is 13.0. The number of allylic oxidation sites excluding steroid dienone is 3. The minimum atomic E-state index is -1.16. The van der Waals surface area contributed by atoms with Crippen molar-refractivity contribution < 1.29 is 43.6 Å². The highest BCUT2D eigenvalue weighted by molar-refractivity contribution is 6.66. The number of aliphatic imine (C=N–C) groups is 3. The summed E-state index contributed by atoms with van der Waals surface area (Å²) in [7, 11) is 1.48. The molecule has 0 bridgehead atoms. The first-order valence-corrected chi connectivity index (χ1v) is 13.8. The van der Waals surface area contributed by atoms with E-state index >= 15 is 0 Å². The number of ether oxygens (including phenoxy) is 4. The van der Waals surface area contributed by atoms with Gasteiger partial charge in [-0.1, -0.05) is 6.08 Å². The Labute approximate surface area is 251 Å². The summed E-state index contributed by atoms with van der Waals surface area (Å²) in [6, 6.07) is 1.61. The van der Waals surface area contributed by atoms with Crippen LogP contribution in [-0.2, 0) is 27.3 Å². The van der Waals surface area contributed by atoms with Gasteiger partial charge < -0.3 is 29.2 Å². The Kier molecular flexibility index (Phi) is 7.13. The number of aromatic nitrogens is 2. The Hall–Kier alpha value is -5.15. The van der Waals surface area contributed by atoms with Crippen LogP contribution in [0.15, 0.2) is 50.8 Å². The largest absolute Gasteiger partial charge is 0.857 e. The molecule has 4 aliphatic heterocycles. The summed E-state index contributed by atoms with van der Waals surface area (Å²) in [6.45, 7) is 5.28. The van der Waals surface area contributed by atoms with Crippen molar-refractivity contribution in [2.75, 3.05) is 20.4 Å². The quantitative estimate of drug-likeness (QED) is 0.263. The molecule has 2 aromatic rings. The number of aldehydes is 1. The van der Waals surface area contributed by atoms with E-state index in [0.29, 0.717) is 51.8 Å². The standard InChI is InChI=1S/C29H29N7O8/c1-5-42-26(39)23-16(12-37)14(20-18(44-23)11-17-15(22(20)41-4)10-19(43-17)29(2,3)40)6-8-35-9-7-31-28(35)36-13-32-21-24(36)33-27(30)34-25(21)38/h6-7,9,11-12,19,40H,5,8,10,13H2,1-4H3,(H2,30,34,38). The van der Waals surface area contributed by atoms with E-state index in [1.54, 1.807) is 49.9 Å². The summed E-state index contributed by atoms with van der Waals surface area (Å²) < 4.78 is 24.8. The van der Waals surface area contributed by atoms with Crippen LogP contribution >= 0.6 is 0 Å². The summed E-state index contributed by atoms with van der Waals surface area (Å²) in [5, 5.41) is 30.7. The van der Waals surface area contributed by atoms with Gasteiger partial charge >= 0.3 is 11.9 Å². The first kappa shape index (κ1) is 28.9. The van der Waals surface area contributed by atoms with Crippen molar-refractivity contribution in [2.24, 2.45) is 15.0 Å². The van der Waals surface area contributed by atoms with Gasteiger partial charge in [0.25, 0.3) is 5.84 Å². The summed E-state index contributed by atoms with van der Waals surface area (Å²) in [5.41, 5.74) is 0.350. The Balaban J connectivity index is 1.44. The van der Waals surface area contributed by atoms with Crippen molar-refractivity contribution in [3.8, 4) is 17.2 Å². The molecule has 1 aromatic carbocycles. The fourth-order valence-electron chi connectivity index (χ4n) is 5.50. The van der Waals surface area contributed by atoms with Gasteiger partial charge in [0.1, 0.15) is 23.4 Å². The molecule has 4 aliphatic rings. The number of methoxy groups -OCH3 is 1. The number of rotatable bonds is 8. The highest BCUT2D eigenvalue weighted by Gasteiger charge is 2.41. The number of nitrogens with one attached hydrogen (secondary N) is 2. The maximum atomic E-state index is 13.0. The molecule has 3 N–H and O–H groups in total. The maximum Gasteiger partial charge on any atom is 0.375 e. The van der Waals surface area contributed by atoms with Crippen LogP contribution in [0.1, 0.15) is 31.9 Å². The molecule has 1 aromatic heterocycles. The molecule has 6 rings (SSSR count). The molecule has 0 saturated carbocycles. The van der Waals surface area contributed by atoms with E-state index in [0.717, 1.165) is 0 Å². The van der Waals surface area contributed by atoms with Crippen molar-refractivity contribution in [3.63, 3.8) is 0 Å². The number of aliphatic hydroxyl groups is 1. The number of hydrogen-bond acceptors (Lipinski definition) is 11. The van der Waals surface area contributed by atoms with Gasteiger partial charge in [0.2, 0.25) is 11.7 Å². The smallest absolute Gasteiger partial charge is 0.375 e. The number of hydrogen-bond donors (Lipinski definition) is 3. The second-order valence-electron chi connectivity index (χ2n) is 10.8. The molecule has 0 amide bonds. The molecule has 0 spiro atoms. The first-order valence-electron chi connectivity index (χ1n) is 13.8. The van der Waals surface area contributed by atoms with Crippen molar-refractivity contribution in [1.82, 2.24) is 9.55 Å². The number of carbonyl (C=O) groups excluding carboxylic acids is 2. The monoisotopic (exact) mass is 603 g/mol. The molecule has 0 saturated heterocycles. The molecule has 228 valence electrons. The number of carbonyl (C=O) groups is 2. The van der Waals surface area contributed by atoms with Gasteiger partial charge in [-0.3, -0.25) is 14.8 Å². The Bertz CT molecular complexity index is 1760. The van der Waals surface area contributed by atoms with Gasteiger partial charge in [-0.05, 0) is 20.8 Å². The number of benzene rings is 1. The third kappa shape index (κ3) is 4.75. The normalized spacial score (nSPS) is 21.4. The number of nitrogens with zero attached hydrogens (tertiary/aromatic N) is 5. The Morgan fingerprint density at radius 3 is 2.84 bits per heavy atom. The molecule has 44 heavy (non-hydrogen) atoms. The van der Waals surface area contributed by atoms with Crippen LogP contribution < -0.4 is 24.2 Å². The third-order valence-electron chi connectivity index (χ3n) is 7.56. The van der Waals surface area contributed by atoms with Gasteiger partial charge in [-0.25, -0.2) is 19.7 Å². The SMILES string of the molecule is CCOC(=O)C1=C(C=O)C(=CCn2ccnc2[NH+]2CN=C3C([O-])=NC(=N)N=C32)c2c(cc3c(c2OC)CC(C(C)(C)O)O3)O1. The molecule has 2 unspecified atom stereocenters. The van der Waals surface area contributed by atoms with Crippen LogP contribution in [0, 0.1) is 5.41 Å². The van der Waals surface area contributed by atoms with Crippen molar-refractivity contribution in [3.05, 3.63) is 47.0 Å². The molecule has 15 heteroatoms. The van der Waals surface area contributed by atoms with Gasteiger partial charge in [0.15, 0.2) is 18.7 Å². The van der Waals surface area contributed by atoms with E-state index in [4.69, 9.17) is 24.4 Å². The van der Waals surface area contributed by atoms with E-state index in [1.165, 1.54) is 7.11 Å². The van der Waals surface area contributed by atoms with Gasteiger partial charge in [0, 0.05) is 42.3 Å². The van der Waals surface area contributed by atoms with Crippen LogP contribution in [0.5, 0.6) is 17.2 Å². The second-order valence-corrected chi connectivity index (χ2v) is 10.8. The van der Waals surface area contributed by atoms with Gasteiger partial charge in [0.05, 0.1) is 36.7 Å². The lowest BCUT2D eigenvalue weighted by Crippen LogP contribution is -3.10. The number of imidazole rings is 1. The van der Waals surface area contributed by atoms with Crippen molar-refractivity contribution >= 4 is 47.2 Å². The number of guanidine groups is 1. The number of esters is 1. The highest BCUT2D eigenvalue weighted by Crippen LogP contribution is 2.51. The summed E-state index contributed by atoms with van der Waals surface area (Å²) >= 11 is 0. The fourth-order valence-corrected chi connectivity index (χ4v) is 5.50. The number of quaternary nitrogens is 1. The molecule has 15 nitrogen and oxygen atoms in total. The van der Waals surface area contributed by atoms with E-state index in [-0.39, 0.29) is 48.4 Å². The van der Waals surface area contributed by atoms with Crippen LogP contribution in [0.25, 0.3) is 5.57 Å². The number of fused-ring (bicyclic) bond motifs is 3. The Morgan fingerprint density at radius 1 is 1.34 bits per heavy atom. The molecule has 0 fully saturated rings. The summed E-state index contributed by atoms with van der Waals surface area (Å²) in [6.07, 6.45) is 5.30. The van der Waals surface area contributed by atoms with Crippen LogP contribution in [0.4, 0.5) is 5.95 Å². The first-order chi connectivity index (χ1) is 21.0. The second kappa shape index (κ2) is 10.8. The molecule has 5 heterocycles. The van der Waals surface area contributed by atoms with E-state index in [1.807, 2.05) is 0 Å². The zero-order valence-corrected chi connectivity index (χ0v) is 24.3. The van der Waals surface area contributed by atoms with Gasteiger partial charge in [-0.2, -0.15) is 9.98 Å². The molecule has 2 atom stereocenters. The van der Waals surface area contributed by atoms with Crippen molar-refractivity contribution in [2.45, 2.75) is 45.4 Å². The van der Waals surface area contributed by atoms with E-state index in [9.17, 15) is 19.8 Å². The third-order valence-corrected chi connectivity index (χ3v) is 7.56. The molecule has 0 aliphatic carbocycles. The zero-order valence-electron chi connectivity index (χ0n) is 24.3. The average Bonchev–Trinajstić information content (AvgIpc) is 3.72. The van der Waals surface area contributed by atoms with Crippen molar-refractivity contribution in [1.29, 1.82) is 5.41 Å².